The van der Waals surface area contributed by atoms with Gasteiger partial charge in [-0.3, -0.25) is 0 Å². The fraction of sp³-hybridized carbons (Fsp3) is 0.500. The lowest BCUT2D eigenvalue weighted by atomic mass is 10.2. The number of anilines is 2. The van der Waals surface area contributed by atoms with E-state index < -0.39 is 10.0 Å². The molecule has 1 atom stereocenters. The number of sulfonamides is 1. The van der Waals surface area contributed by atoms with Gasteiger partial charge in [-0.25, -0.2) is 13.1 Å². The first kappa shape index (κ1) is 15.7. The van der Waals surface area contributed by atoms with Crippen molar-refractivity contribution in [3.05, 3.63) is 18.2 Å². The van der Waals surface area contributed by atoms with Crippen molar-refractivity contribution in [1.29, 1.82) is 0 Å². The van der Waals surface area contributed by atoms with E-state index in [-0.39, 0.29) is 10.9 Å². The molecule has 0 bridgehead atoms. The highest BCUT2D eigenvalue weighted by molar-refractivity contribution is 7.89. The molecule has 1 rings (SSSR count). The van der Waals surface area contributed by atoms with Crippen molar-refractivity contribution < 1.29 is 13.2 Å². The minimum Gasteiger partial charge on any atom is -0.397 e. The van der Waals surface area contributed by atoms with E-state index >= 15 is 0 Å². The zero-order valence-corrected chi connectivity index (χ0v) is 12.3. The van der Waals surface area contributed by atoms with Crippen molar-refractivity contribution in [2.24, 2.45) is 0 Å². The lowest BCUT2D eigenvalue weighted by molar-refractivity contribution is 0.141. The standard InChI is InChI=1S/C12H21N3O3S/c1-4-18-8-9(2)15-12-6-5-10(7-11(12)13)19(16,17)14-3/h5-7,9,14-15H,4,8,13H2,1-3H3. The molecule has 0 saturated heterocycles. The van der Waals surface area contributed by atoms with Crippen LogP contribution in [0.4, 0.5) is 11.4 Å². The molecule has 1 aromatic carbocycles. The van der Waals surface area contributed by atoms with Gasteiger partial charge in [-0.1, -0.05) is 0 Å². The number of benzene rings is 1. The molecule has 6 nitrogen and oxygen atoms in total. The van der Waals surface area contributed by atoms with Gasteiger partial charge in [-0.2, -0.15) is 0 Å². The Hall–Kier alpha value is -1.31. The topological polar surface area (TPSA) is 93.4 Å². The van der Waals surface area contributed by atoms with E-state index in [1.807, 2.05) is 13.8 Å². The zero-order valence-electron chi connectivity index (χ0n) is 11.4. The summed E-state index contributed by atoms with van der Waals surface area (Å²) < 4.78 is 30.8. The van der Waals surface area contributed by atoms with E-state index in [1.165, 1.54) is 19.2 Å². The van der Waals surface area contributed by atoms with Crippen LogP contribution in [-0.4, -0.2) is 34.7 Å². The highest BCUT2D eigenvalue weighted by Gasteiger charge is 2.13. The third-order valence-electron chi connectivity index (χ3n) is 2.58. The summed E-state index contributed by atoms with van der Waals surface area (Å²) in [7, 11) is -2.10. The Morgan fingerprint density at radius 3 is 2.63 bits per heavy atom. The van der Waals surface area contributed by atoms with Gasteiger partial charge in [0.2, 0.25) is 10.0 Å². The van der Waals surface area contributed by atoms with Crippen molar-refractivity contribution in [3.63, 3.8) is 0 Å². The maximum absolute atomic E-state index is 11.6. The van der Waals surface area contributed by atoms with Crippen LogP contribution < -0.4 is 15.8 Å². The first-order valence-electron chi connectivity index (χ1n) is 6.08. The molecule has 7 heteroatoms. The molecule has 0 aliphatic heterocycles. The Bertz CT molecular complexity index is 517. The molecule has 1 unspecified atom stereocenters. The first-order chi connectivity index (χ1) is 8.90. The van der Waals surface area contributed by atoms with Crippen LogP contribution >= 0.6 is 0 Å². The molecule has 1 aromatic rings. The summed E-state index contributed by atoms with van der Waals surface area (Å²) in [5.41, 5.74) is 6.94. The summed E-state index contributed by atoms with van der Waals surface area (Å²) in [5.74, 6) is 0. The van der Waals surface area contributed by atoms with Crippen molar-refractivity contribution in [2.45, 2.75) is 24.8 Å². The monoisotopic (exact) mass is 287 g/mol. The predicted octanol–water partition coefficient (Wildman–Crippen LogP) is 1.01. The third-order valence-corrected chi connectivity index (χ3v) is 3.99. The van der Waals surface area contributed by atoms with Gasteiger partial charge in [0.15, 0.2) is 0 Å². The van der Waals surface area contributed by atoms with E-state index in [9.17, 15) is 8.42 Å². The summed E-state index contributed by atoms with van der Waals surface area (Å²) >= 11 is 0. The number of rotatable bonds is 7. The van der Waals surface area contributed by atoms with Crippen LogP contribution in [0.2, 0.25) is 0 Å². The van der Waals surface area contributed by atoms with Gasteiger partial charge in [0.1, 0.15) is 0 Å². The van der Waals surface area contributed by atoms with Crippen LogP contribution in [-0.2, 0) is 14.8 Å². The molecule has 0 spiro atoms. The minimum absolute atomic E-state index is 0.0917. The van der Waals surface area contributed by atoms with Crippen LogP contribution in [0.15, 0.2) is 23.1 Å². The van der Waals surface area contributed by atoms with E-state index in [0.29, 0.717) is 24.6 Å². The van der Waals surface area contributed by atoms with Crippen LogP contribution in [0.25, 0.3) is 0 Å². The Balaban J connectivity index is 2.84. The predicted molar refractivity (Wildman–Crippen MR) is 76.7 cm³/mol. The first-order valence-corrected chi connectivity index (χ1v) is 7.56. The van der Waals surface area contributed by atoms with Crippen LogP contribution in [0, 0.1) is 0 Å². The molecule has 0 saturated carbocycles. The quantitative estimate of drug-likeness (QED) is 0.651. The van der Waals surface area contributed by atoms with Gasteiger partial charge < -0.3 is 15.8 Å². The van der Waals surface area contributed by atoms with Crippen molar-refractivity contribution in [1.82, 2.24) is 4.72 Å². The number of nitrogens with one attached hydrogen (secondary N) is 2. The average Bonchev–Trinajstić information content (AvgIpc) is 2.38. The Kier molecular flexibility index (Phi) is 5.59. The van der Waals surface area contributed by atoms with Crippen LogP contribution in [0.3, 0.4) is 0 Å². The van der Waals surface area contributed by atoms with Crippen LogP contribution in [0.5, 0.6) is 0 Å². The maximum atomic E-state index is 11.6. The van der Waals surface area contributed by atoms with Gasteiger partial charge in [0.25, 0.3) is 0 Å². The number of ether oxygens (including phenoxy) is 1. The Morgan fingerprint density at radius 2 is 2.11 bits per heavy atom. The SMILES string of the molecule is CCOCC(C)Nc1ccc(S(=O)(=O)NC)cc1N. The lowest BCUT2D eigenvalue weighted by Gasteiger charge is -2.17. The minimum atomic E-state index is -3.46. The highest BCUT2D eigenvalue weighted by Crippen LogP contribution is 2.23. The fourth-order valence-corrected chi connectivity index (χ4v) is 2.32. The number of hydrogen-bond acceptors (Lipinski definition) is 5. The smallest absolute Gasteiger partial charge is 0.240 e. The van der Waals surface area contributed by atoms with Gasteiger partial charge in [-0.05, 0) is 39.1 Å². The zero-order chi connectivity index (χ0) is 14.5. The van der Waals surface area contributed by atoms with Gasteiger partial charge >= 0.3 is 0 Å². The molecule has 0 aliphatic carbocycles. The molecule has 108 valence electrons. The number of nitrogens with two attached hydrogens (primary N) is 1. The van der Waals surface area contributed by atoms with E-state index in [0.717, 1.165) is 0 Å². The van der Waals surface area contributed by atoms with Crippen LogP contribution in [0.1, 0.15) is 13.8 Å². The maximum Gasteiger partial charge on any atom is 0.240 e. The number of nitrogen functional groups attached to an aromatic ring is 1. The Morgan fingerprint density at radius 1 is 1.42 bits per heavy atom. The highest BCUT2D eigenvalue weighted by atomic mass is 32.2. The molecule has 0 radical (unpaired) electrons. The second-order valence-corrected chi connectivity index (χ2v) is 6.05. The summed E-state index contributed by atoms with van der Waals surface area (Å²) in [6, 6.07) is 4.69. The Labute approximate surface area is 114 Å². The molecule has 0 heterocycles. The number of hydrogen-bond donors (Lipinski definition) is 3. The molecule has 19 heavy (non-hydrogen) atoms. The van der Waals surface area contributed by atoms with E-state index in [4.69, 9.17) is 10.5 Å². The molecule has 0 fully saturated rings. The third kappa shape index (κ3) is 4.38. The molecule has 0 aliphatic rings. The summed E-state index contributed by atoms with van der Waals surface area (Å²) in [6.07, 6.45) is 0. The van der Waals surface area contributed by atoms with Crippen molar-refractivity contribution >= 4 is 21.4 Å². The summed E-state index contributed by atoms with van der Waals surface area (Å²) in [6.45, 7) is 5.11. The second-order valence-electron chi connectivity index (χ2n) is 4.16. The fourth-order valence-electron chi connectivity index (χ4n) is 1.56. The normalized spacial score (nSPS) is 13.2. The van der Waals surface area contributed by atoms with Gasteiger partial charge in [0, 0.05) is 12.6 Å². The van der Waals surface area contributed by atoms with Crippen molar-refractivity contribution in [2.75, 3.05) is 31.3 Å². The molecular formula is C12H21N3O3S. The summed E-state index contributed by atoms with van der Waals surface area (Å²) in [4.78, 5) is 0.149. The molecule has 0 amide bonds. The largest absolute Gasteiger partial charge is 0.397 e. The average molecular weight is 287 g/mol. The second kappa shape index (κ2) is 6.74. The summed E-state index contributed by atoms with van der Waals surface area (Å²) in [5, 5.41) is 3.18. The van der Waals surface area contributed by atoms with Gasteiger partial charge in [0.05, 0.1) is 22.9 Å². The lowest BCUT2D eigenvalue weighted by Crippen LogP contribution is -2.23. The van der Waals surface area contributed by atoms with Gasteiger partial charge in [-0.15, -0.1) is 0 Å². The van der Waals surface area contributed by atoms with Crippen molar-refractivity contribution in [3.8, 4) is 0 Å². The molecule has 4 N–H and O–H groups in total. The van der Waals surface area contributed by atoms with E-state index in [2.05, 4.69) is 10.0 Å². The van der Waals surface area contributed by atoms with E-state index in [1.54, 1.807) is 6.07 Å². The molecule has 0 aromatic heterocycles. The molecular weight excluding hydrogens is 266 g/mol.